The molecule has 1 aliphatic carbocycles. The molecule has 8 bridgehead atoms. The van der Waals surface area contributed by atoms with Crippen LogP contribution in [0.1, 0.15) is 87.6 Å². The Morgan fingerprint density at radius 2 is 1.70 bits per heavy atom. The number of esters is 1. The van der Waals surface area contributed by atoms with Crippen LogP contribution in [0.3, 0.4) is 0 Å². The number of carboxylic acids is 1. The van der Waals surface area contributed by atoms with Crippen LogP contribution in [0.5, 0.6) is 0 Å². The minimum absolute atomic E-state index is 0.0530. The second-order valence-electron chi connectivity index (χ2n) is 12.0. The monoisotopic (exact) mass is 594 g/mol. The van der Waals surface area contributed by atoms with Gasteiger partial charge >= 0.3 is 11.9 Å². The van der Waals surface area contributed by atoms with Crippen molar-refractivity contribution < 1.29 is 24.2 Å². The van der Waals surface area contributed by atoms with E-state index in [0.29, 0.717) is 28.9 Å². The summed E-state index contributed by atoms with van der Waals surface area (Å²) in [5, 5.41) is 15.1. The molecule has 3 aromatic rings. The van der Waals surface area contributed by atoms with Gasteiger partial charge in [0.15, 0.2) is 5.78 Å². The van der Waals surface area contributed by atoms with Crippen molar-refractivity contribution in [2.24, 2.45) is 17.8 Å². The number of carbonyl (C=O) groups is 3. The number of carbonyl (C=O) groups excluding carboxylic acids is 2. The Balaban J connectivity index is 1.73. The van der Waals surface area contributed by atoms with Gasteiger partial charge in [-0.05, 0) is 74.1 Å². The summed E-state index contributed by atoms with van der Waals surface area (Å²) >= 11 is 0. The molecule has 0 aromatic carbocycles. The molecule has 3 aromatic heterocycles. The zero-order valence-corrected chi connectivity index (χ0v) is 26.0. The number of methoxy groups -OCH3 is 1. The largest absolute Gasteiger partial charge is 0.481 e. The molecular formula is C35H38N4O5. The number of ketones is 1. The highest BCUT2D eigenvalue weighted by molar-refractivity contribution is 6.24. The summed E-state index contributed by atoms with van der Waals surface area (Å²) in [6, 6.07) is 0. The van der Waals surface area contributed by atoms with Gasteiger partial charge in [0.25, 0.3) is 0 Å². The number of nitrogens with one attached hydrogen (secondary N) is 4. The molecule has 3 aliphatic rings. The first kappa shape index (κ1) is 29.3. The van der Waals surface area contributed by atoms with Crippen LogP contribution in [0, 0.1) is 38.5 Å². The number of ether oxygens (including phenoxy) is 1. The number of hydrogen-bond acceptors (Lipinski definition) is 5. The van der Waals surface area contributed by atoms with Gasteiger partial charge in [-0.1, -0.05) is 26.5 Å². The number of aromatic nitrogens is 3. The number of H-pyrrole nitrogens is 3. The quantitative estimate of drug-likeness (QED) is 0.214. The van der Waals surface area contributed by atoms with Crippen molar-refractivity contribution >= 4 is 47.6 Å². The van der Waals surface area contributed by atoms with E-state index in [2.05, 4.69) is 46.8 Å². The van der Waals surface area contributed by atoms with E-state index in [9.17, 15) is 19.5 Å². The highest BCUT2D eigenvalue weighted by Gasteiger charge is 2.48. The molecule has 2 aliphatic heterocycles. The Bertz CT molecular complexity index is 1960. The van der Waals surface area contributed by atoms with Crippen molar-refractivity contribution in [3.63, 3.8) is 0 Å². The van der Waals surface area contributed by atoms with Crippen molar-refractivity contribution in [1.29, 1.82) is 0 Å². The maximum atomic E-state index is 14.0. The van der Waals surface area contributed by atoms with Gasteiger partial charge < -0.3 is 30.1 Å². The van der Waals surface area contributed by atoms with Crippen LogP contribution in [0.15, 0.2) is 18.0 Å². The smallest absolute Gasteiger partial charge is 0.321 e. The van der Waals surface area contributed by atoms with Crippen LogP contribution in [0.4, 0.5) is 0 Å². The molecule has 0 amide bonds. The van der Waals surface area contributed by atoms with Gasteiger partial charge in [-0.2, -0.15) is 0 Å². The fourth-order valence-electron chi connectivity index (χ4n) is 7.28. The highest BCUT2D eigenvalue weighted by atomic mass is 16.5. The van der Waals surface area contributed by atoms with E-state index >= 15 is 0 Å². The maximum absolute atomic E-state index is 14.0. The third-order valence-corrected chi connectivity index (χ3v) is 9.75. The van der Waals surface area contributed by atoms with E-state index in [1.165, 1.54) is 12.7 Å². The molecule has 3 atom stereocenters. The second-order valence-corrected chi connectivity index (χ2v) is 12.0. The molecule has 0 saturated carbocycles. The first-order chi connectivity index (χ1) is 21.0. The number of hydrogen-bond donors (Lipinski definition) is 5. The molecule has 1 fully saturated rings. The Hall–Kier alpha value is -4.79. The lowest BCUT2D eigenvalue weighted by Crippen LogP contribution is -2.25. The summed E-state index contributed by atoms with van der Waals surface area (Å²) < 4.78 is 5.15. The minimum atomic E-state index is -1.15. The van der Waals surface area contributed by atoms with Crippen LogP contribution in [0.2, 0.25) is 0 Å². The summed E-state index contributed by atoms with van der Waals surface area (Å²) in [5.41, 5.74) is 10.8. The fraction of sp³-hybridized carbons (Fsp3) is 0.343. The van der Waals surface area contributed by atoms with Gasteiger partial charge in [0, 0.05) is 74.1 Å². The van der Waals surface area contributed by atoms with E-state index in [1.807, 2.05) is 39.0 Å². The van der Waals surface area contributed by atoms with E-state index in [-0.39, 0.29) is 24.0 Å². The number of fused-ring (bicyclic) bond motifs is 7. The van der Waals surface area contributed by atoms with Crippen LogP contribution < -0.4 is 16.0 Å². The Labute approximate surface area is 255 Å². The molecular weight excluding hydrogens is 556 g/mol. The summed E-state index contributed by atoms with van der Waals surface area (Å²) in [6.07, 6.45) is 9.13. The van der Waals surface area contributed by atoms with Crippen molar-refractivity contribution in [1.82, 2.24) is 20.3 Å². The van der Waals surface area contributed by atoms with E-state index in [0.717, 1.165) is 62.2 Å². The fourth-order valence-corrected chi connectivity index (χ4v) is 7.28. The first-order valence-electron chi connectivity index (χ1n) is 15.1. The Morgan fingerprint density at radius 1 is 1.00 bits per heavy atom. The summed E-state index contributed by atoms with van der Waals surface area (Å²) in [4.78, 5) is 49.7. The molecule has 228 valence electrons. The number of carboxylic acid groups (broad SMARTS) is 1. The van der Waals surface area contributed by atoms with Crippen molar-refractivity contribution in [2.45, 2.75) is 53.9 Å². The van der Waals surface area contributed by atoms with Gasteiger partial charge in [0.2, 0.25) is 0 Å². The van der Waals surface area contributed by atoms with Gasteiger partial charge in [-0.25, -0.2) is 0 Å². The molecule has 5 N–H and O–H groups in total. The van der Waals surface area contributed by atoms with E-state index in [1.54, 1.807) is 0 Å². The van der Waals surface area contributed by atoms with E-state index in [4.69, 9.17) is 4.74 Å². The topological polar surface area (TPSA) is 140 Å². The minimum Gasteiger partial charge on any atom is -0.481 e. The third kappa shape index (κ3) is 4.32. The van der Waals surface area contributed by atoms with Crippen molar-refractivity contribution in [3.05, 3.63) is 84.8 Å². The normalized spacial score (nSPS) is 20.2. The molecule has 9 nitrogen and oxygen atoms in total. The highest BCUT2D eigenvalue weighted by Crippen LogP contribution is 2.48. The van der Waals surface area contributed by atoms with Gasteiger partial charge in [0.05, 0.1) is 12.8 Å². The maximum Gasteiger partial charge on any atom is 0.321 e. The summed E-state index contributed by atoms with van der Waals surface area (Å²) in [6.45, 7) is 14.3. The summed E-state index contributed by atoms with van der Waals surface area (Å²) in [7, 11) is 1.28. The number of aliphatic carboxylic acids is 1. The summed E-state index contributed by atoms with van der Waals surface area (Å²) in [5.74, 6) is -3.40. The molecule has 6 rings (SSSR count). The predicted octanol–water partition coefficient (Wildman–Crippen LogP) is 4.23. The van der Waals surface area contributed by atoms with Gasteiger partial charge in [0.1, 0.15) is 5.92 Å². The molecule has 0 radical (unpaired) electrons. The lowest BCUT2D eigenvalue weighted by molar-refractivity contribution is -0.142. The average molecular weight is 595 g/mol. The van der Waals surface area contributed by atoms with E-state index < -0.39 is 17.9 Å². The molecule has 0 spiro atoms. The lowest BCUT2D eigenvalue weighted by Gasteiger charge is -2.19. The Morgan fingerprint density at radius 3 is 2.36 bits per heavy atom. The lowest BCUT2D eigenvalue weighted by atomic mass is 9.85. The second kappa shape index (κ2) is 10.7. The number of Topliss-reactive ketones (excluding diaryl/α,β-unsaturated/α-hetero) is 1. The SMILES string of the molecule is C=Cc1c2[nH]c(c1C)C=C1NC(=C3c4[nH]c(c(C)c4C(=O)[C@@H]3C(=O)OC)C=c3[nH]c(c(C)c3CC)=C2)[C@H](CCC(=O)O)[C@H]1C. The zero-order chi connectivity index (χ0) is 31.6. The molecule has 0 unspecified atom stereocenters. The van der Waals surface area contributed by atoms with Gasteiger partial charge in [-0.3, -0.25) is 14.4 Å². The van der Waals surface area contributed by atoms with Crippen LogP contribution in [-0.4, -0.2) is 44.9 Å². The van der Waals surface area contributed by atoms with Crippen LogP contribution in [-0.2, 0) is 20.7 Å². The van der Waals surface area contributed by atoms with Crippen molar-refractivity contribution in [2.75, 3.05) is 7.11 Å². The standard InChI is InChI=1S/C35H38N4O5/c1-8-19-15(3)22-12-24-17(5)21(10-11-28(40)41)32(38-24)30-31(35(43)44-7)34(42)29-18(6)25(39-33(29)30)14-27-20(9-2)16(4)23(37-27)13-26(19)36-22/h8,12-14,17,21,31,36-39H,1,9-11H2,2-7H3,(H,40,41)/t17-,21-,31-/m1/s1. The predicted molar refractivity (Wildman–Crippen MR) is 170 cm³/mol. The number of aromatic amines is 3. The van der Waals surface area contributed by atoms with Gasteiger partial charge in [-0.15, -0.1) is 0 Å². The van der Waals surface area contributed by atoms with Crippen molar-refractivity contribution in [3.8, 4) is 0 Å². The zero-order valence-electron chi connectivity index (χ0n) is 26.0. The molecule has 44 heavy (non-hydrogen) atoms. The first-order valence-corrected chi connectivity index (χ1v) is 15.1. The van der Waals surface area contributed by atoms with Crippen LogP contribution in [0.25, 0.3) is 29.9 Å². The number of allylic oxidation sites excluding steroid dienone is 2. The average Bonchev–Trinajstić information content (AvgIpc) is 3.72. The third-order valence-electron chi connectivity index (χ3n) is 9.75. The molecule has 1 saturated heterocycles. The van der Waals surface area contributed by atoms with Crippen LogP contribution >= 0.6 is 0 Å². The number of rotatable bonds is 6. The molecule has 9 heteroatoms. The Kier molecular flexibility index (Phi) is 7.14. The molecule has 5 heterocycles.